The first-order chi connectivity index (χ1) is 6.56. The molecule has 1 aliphatic heterocycles. The highest BCUT2D eigenvalue weighted by Crippen LogP contribution is 2.21. The van der Waals surface area contributed by atoms with Crippen molar-refractivity contribution in [3.63, 3.8) is 0 Å². The van der Waals surface area contributed by atoms with E-state index in [0.717, 1.165) is 19.5 Å². The van der Waals surface area contributed by atoms with Crippen molar-refractivity contribution in [2.75, 3.05) is 19.3 Å². The van der Waals surface area contributed by atoms with Crippen molar-refractivity contribution in [2.45, 2.75) is 31.6 Å². The van der Waals surface area contributed by atoms with Crippen molar-refractivity contribution < 1.29 is 4.79 Å². The second-order valence-electron chi connectivity index (χ2n) is 4.07. The second-order valence-corrected chi connectivity index (χ2v) is 5.25. The van der Waals surface area contributed by atoms with Crippen LogP contribution in [0.3, 0.4) is 0 Å². The molecule has 0 aromatic rings. The molecule has 1 heterocycles. The van der Waals surface area contributed by atoms with Crippen molar-refractivity contribution in [1.82, 2.24) is 4.90 Å². The van der Waals surface area contributed by atoms with E-state index in [0.29, 0.717) is 5.92 Å². The van der Waals surface area contributed by atoms with Gasteiger partial charge >= 0.3 is 0 Å². The molecule has 0 saturated carbocycles. The Kier molecular flexibility index (Phi) is 4.26. The van der Waals surface area contributed by atoms with Crippen LogP contribution in [0.15, 0.2) is 0 Å². The molecular formula is C10H20N2OS. The van der Waals surface area contributed by atoms with Crippen molar-refractivity contribution in [3.8, 4) is 0 Å². The lowest BCUT2D eigenvalue weighted by Gasteiger charge is -2.20. The van der Waals surface area contributed by atoms with Crippen LogP contribution in [0.2, 0.25) is 0 Å². The molecule has 0 spiro atoms. The fourth-order valence-electron chi connectivity index (χ4n) is 1.77. The van der Waals surface area contributed by atoms with Gasteiger partial charge in [0.1, 0.15) is 0 Å². The zero-order chi connectivity index (χ0) is 10.7. The van der Waals surface area contributed by atoms with E-state index in [1.54, 1.807) is 11.8 Å². The molecule has 3 nitrogen and oxygen atoms in total. The molecule has 0 aromatic carbocycles. The monoisotopic (exact) mass is 216 g/mol. The van der Waals surface area contributed by atoms with E-state index < -0.39 is 0 Å². The van der Waals surface area contributed by atoms with Crippen LogP contribution >= 0.6 is 11.8 Å². The summed E-state index contributed by atoms with van der Waals surface area (Å²) < 4.78 is 0. The van der Waals surface area contributed by atoms with Crippen LogP contribution in [0.4, 0.5) is 0 Å². The van der Waals surface area contributed by atoms with E-state index >= 15 is 0 Å². The smallest absolute Gasteiger partial charge is 0.235 e. The van der Waals surface area contributed by atoms with Crippen molar-refractivity contribution in [1.29, 1.82) is 0 Å². The summed E-state index contributed by atoms with van der Waals surface area (Å²) in [6.07, 6.45) is 3.03. The SMILES string of the molecule is CSC(C)C(=O)N1CCC(C(C)N)C1. The van der Waals surface area contributed by atoms with E-state index in [2.05, 4.69) is 0 Å². The van der Waals surface area contributed by atoms with Gasteiger partial charge in [0.05, 0.1) is 5.25 Å². The Labute approximate surface area is 90.4 Å². The normalized spacial score (nSPS) is 26.3. The molecule has 1 saturated heterocycles. The largest absolute Gasteiger partial charge is 0.341 e. The Morgan fingerprint density at radius 1 is 1.57 bits per heavy atom. The van der Waals surface area contributed by atoms with Crippen molar-refractivity contribution in [2.24, 2.45) is 11.7 Å². The number of carbonyl (C=O) groups is 1. The molecule has 4 heteroatoms. The third-order valence-corrected chi connectivity index (χ3v) is 3.89. The van der Waals surface area contributed by atoms with Gasteiger partial charge in [0.2, 0.25) is 5.91 Å². The van der Waals surface area contributed by atoms with Crippen LogP contribution in [0.1, 0.15) is 20.3 Å². The van der Waals surface area contributed by atoms with E-state index in [4.69, 9.17) is 5.73 Å². The number of rotatable bonds is 3. The zero-order valence-electron chi connectivity index (χ0n) is 9.19. The van der Waals surface area contributed by atoms with Gasteiger partial charge in [-0.05, 0) is 32.4 Å². The van der Waals surface area contributed by atoms with Gasteiger partial charge in [-0.2, -0.15) is 11.8 Å². The highest BCUT2D eigenvalue weighted by molar-refractivity contribution is 7.99. The Balaban J connectivity index is 2.45. The number of amides is 1. The first kappa shape index (κ1) is 11.9. The third kappa shape index (κ3) is 2.64. The molecule has 82 valence electrons. The molecule has 2 N–H and O–H groups in total. The van der Waals surface area contributed by atoms with Crippen LogP contribution in [-0.4, -0.2) is 41.4 Å². The van der Waals surface area contributed by atoms with E-state index in [-0.39, 0.29) is 17.2 Å². The summed E-state index contributed by atoms with van der Waals surface area (Å²) in [5.41, 5.74) is 5.83. The van der Waals surface area contributed by atoms with Gasteiger partial charge in [-0.15, -0.1) is 0 Å². The molecular weight excluding hydrogens is 196 g/mol. The lowest BCUT2D eigenvalue weighted by atomic mass is 10.0. The van der Waals surface area contributed by atoms with E-state index in [1.165, 1.54) is 0 Å². The number of carbonyl (C=O) groups excluding carboxylic acids is 1. The van der Waals surface area contributed by atoms with Gasteiger partial charge in [0, 0.05) is 19.1 Å². The summed E-state index contributed by atoms with van der Waals surface area (Å²) in [4.78, 5) is 13.8. The Morgan fingerprint density at radius 2 is 2.21 bits per heavy atom. The lowest BCUT2D eigenvalue weighted by molar-refractivity contribution is -0.129. The fourth-order valence-corrected chi connectivity index (χ4v) is 2.13. The molecule has 14 heavy (non-hydrogen) atoms. The predicted octanol–water partition coefficient (Wildman–Crippen LogP) is 0.934. The average Bonchev–Trinajstić information content (AvgIpc) is 2.64. The van der Waals surface area contributed by atoms with Crippen LogP contribution in [0.5, 0.6) is 0 Å². The van der Waals surface area contributed by atoms with Gasteiger partial charge in [-0.3, -0.25) is 4.79 Å². The standard InChI is InChI=1S/C10H20N2OS/c1-7(11)9-4-5-12(6-9)10(13)8(2)14-3/h7-9H,4-6,11H2,1-3H3. The summed E-state index contributed by atoms with van der Waals surface area (Å²) in [6.45, 7) is 5.72. The fraction of sp³-hybridized carbons (Fsp3) is 0.900. The van der Waals surface area contributed by atoms with Crippen molar-refractivity contribution >= 4 is 17.7 Å². The van der Waals surface area contributed by atoms with Gasteiger partial charge < -0.3 is 10.6 Å². The molecule has 1 fully saturated rings. The predicted molar refractivity (Wildman–Crippen MR) is 61.3 cm³/mol. The minimum atomic E-state index is 0.0850. The number of hydrogen-bond acceptors (Lipinski definition) is 3. The summed E-state index contributed by atoms with van der Waals surface area (Å²) in [5.74, 6) is 0.758. The Bertz CT molecular complexity index is 208. The summed E-state index contributed by atoms with van der Waals surface area (Å²) in [6, 6.07) is 0.206. The van der Waals surface area contributed by atoms with Gasteiger partial charge in [0.15, 0.2) is 0 Å². The average molecular weight is 216 g/mol. The minimum absolute atomic E-state index is 0.0850. The molecule has 1 rings (SSSR count). The first-order valence-corrected chi connectivity index (χ1v) is 6.42. The van der Waals surface area contributed by atoms with Crippen LogP contribution in [-0.2, 0) is 4.79 Å². The Hall–Kier alpha value is -0.220. The maximum Gasteiger partial charge on any atom is 0.235 e. The number of likely N-dealkylation sites (tertiary alicyclic amines) is 1. The lowest BCUT2D eigenvalue weighted by Crippen LogP contribution is -2.36. The van der Waals surface area contributed by atoms with Gasteiger partial charge in [-0.1, -0.05) is 0 Å². The van der Waals surface area contributed by atoms with Gasteiger partial charge in [0.25, 0.3) is 0 Å². The topological polar surface area (TPSA) is 46.3 Å². The number of thioether (sulfide) groups is 1. The van der Waals surface area contributed by atoms with E-state index in [9.17, 15) is 4.79 Å². The number of hydrogen-bond donors (Lipinski definition) is 1. The first-order valence-electron chi connectivity index (χ1n) is 5.13. The molecule has 0 aliphatic carbocycles. The maximum atomic E-state index is 11.8. The number of nitrogens with two attached hydrogens (primary N) is 1. The molecule has 0 aromatic heterocycles. The maximum absolute atomic E-state index is 11.8. The summed E-state index contributed by atoms with van der Waals surface area (Å²) in [5, 5.41) is 0.0850. The van der Waals surface area contributed by atoms with Crippen LogP contribution in [0, 0.1) is 5.92 Å². The minimum Gasteiger partial charge on any atom is -0.341 e. The molecule has 0 bridgehead atoms. The molecule has 0 radical (unpaired) electrons. The van der Waals surface area contributed by atoms with E-state index in [1.807, 2.05) is 25.0 Å². The number of nitrogens with zero attached hydrogens (tertiary/aromatic N) is 1. The quantitative estimate of drug-likeness (QED) is 0.763. The summed E-state index contributed by atoms with van der Waals surface area (Å²) in [7, 11) is 0. The third-order valence-electron chi connectivity index (χ3n) is 2.98. The molecule has 1 aliphatic rings. The Morgan fingerprint density at radius 3 is 2.64 bits per heavy atom. The van der Waals surface area contributed by atoms with Crippen molar-refractivity contribution in [3.05, 3.63) is 0 Å². The van der Waals surface area contributed by atoms with Gasteiger partial charge in [-0.25, -0.2) is 0 Å². The highest BCUT2D eigenvalue weighted by Gasteiger charge is 2.30. The highest BCUT2D eigenvalue weighted by atomic mass is 32.2. The molecule has 3 atom stereocenters. The van der Waals surface area contributed by atoms with Crippen LogP contribution in [0.25, 0.3) is 0 Å². The molecule has 1 amide bonds. The second kappa shape index (κ2) is 5.03. The summed E-state index contributed by atoms with van der Waals surface area (Å²) >= 11 is 1.61. The molecule has 3 unspecified atom stereocenters. The zero-order valence-corrected chi connectivity index (χ0v) is 10.0. The van der Waals surface area contributed by atoms with Crippen LogP contribution < -0.4 is 5.73 Å².